The van der Waals surface area contributed by atoms with Crippen LogP contribution >= 0.6 is 0 Å². The number of hydrogen-bond donors (Lipinski definition) is 1. The van der Waals surface area contributed by atoms with Gasteiger partial charge in [-0.2, -0.15) is 0 Å². The van der Waals surface area contributed by atoms with Gasteiger partial charge >= 0.3 is 0 Å². The molecule has 2 heterocycles. The topological polar surface area (TPSA) is 15.3 Å². The van der Waals surface area contributed by atoms with E-state index in [0.717, 1.165) is 0 Å². The Morgan fingerprint density at radius 2 is 2.25 bits per heavy atom. The number of hydrogen-bond acceptors (Lipinski definition) is 2. The van der Waals surface area contributed by atoms with E-state index in [1.807, 2.05) is 0 Å². The Hall–Kier alpha value is -1.02. The fourth-order valence-corrected chi connectivity index (χ4v) is 2.70. The number of aryl methyl sites for hydroxylation is 2. The molecule has 2 heteroatoms. The third-order valence-corrected chi connectivity index (χ3v) is 3.81. The predicted molar refractivity (Wildman–Crippen MR) is 68.0 cm³/mol. The Morgan fingerprint density at radius 1 is 1.38 bits per heavy atom. The SMILES string of the molecule is Cc1ccc2c(c1)CCC(CN1CCC1)N2. The monoisotopic (exact) mass is 216 g/mol. The number of benzene rings is 1. The summed E-state index contributed by atoms with van der Waals surface area (Å²) in [6.07, 6.45) is 3.91. The summed E-state index contributed by atoms with van der Waals surface area (Å²) in [5.74, 6) is 0. The second-order valence-electron chi connectivity index (χ2n) is 5.19. The molecule has 86 valence electrons. The van der Waals surface area contributed by atoms with E-state index in [1.54, 1.807) is 0 Å². The molecule has 0 radical (unpaired) electrons. The van der Waals surface area contributed by atoms with Gasteiger partial charge in [0.2, 0.25) is 0 Å². The highest BCUT2D eigenvalue weighted by Gasteiger charge is 2.22. The molecule has 1 aromatic carbocycles. The van der Waals surface area contributed by atoms with Gasteiger partial charge in [0.05, 0.1) is 0 Å². The number of anilines is 1. The standard InChI is InChI=1S/C14H20N2/c1-11-3-6-14-12(9-11)4-5-13(15-14)10-16-7-2-8-16/h3,6,9,13,15H,2,4-5,7-8,10H2,1H3. The van der Waals surface area contributed by atoms with Gasteiger partial charge in [0.15, 0.2) is 0 Å². The maximum atomic E-state index is 3.68. The largest absolute Gasteiger partial charge is 0.381 e. The van der Waals surface area contributed by atoms with E-state index in [2.05, 4.69) is 35.3 Å². The summed E-state index contributed by atoms with van der Waals surface area (Å²) in [6.45, 7) is 6.01. The lowest BCUT2D eigenvalue weighted by atomic mass is 9.96. The average molecular weight is 216 g/mol. The summed E-state index contributed by atoms with van der Waals surface area (Å²) in [6, 6.07) is 7.43. The fourth-order valence-electron chi connectivity index (χ4n) is 2.70. The van der Waals surface area contributed by atoms with Crippen molar-refractivity contribution in [2.45, 2.75) is 32.2 Å². The second-order valence-corrected chi connectivity index (χ2v) is 5.19. The molecule has 0 aromatic heterocycles. The number of fused-ring (bicyclic) bond motifs is 1. The predicted octanol–water partition coefficient (Wildman–Crippen LogP) is 2.43. The normalized spacial score (nSPS) is 24.4. The van der Waals surface area contributed by atoms with Gasteiger partial charge in [-0.1, -0.05) is 17.7 Å². The molecule has 1 fully saturated rings. The zero-order chi connectivity index (χ0) is 11.0. The highest BCUT2D eigenvalue weighted by molar-refractivity contribution is 5.55. The van der Waals surface area contributed by atoms with Crippen molar-refractivity contribution >= 4 is 5.69 Å². The molecule has 16 heavy (non-hydrogen) atoms. The van der Waals surface area contributed by atoms with Crippen LogP contribution in [0.2, 0.25) is 0 Å². The third-order valence-electron chi connectivity index (χ3n) is 3.81. The average Bonchev–Trinajstić information content (AvgIpc) is 2.23. The van der Waals surface area contributed by atoms with Crippen LogP contribution in [-0.2, 0) is 6.42 Å². The summed E-state index contributed by atoms with van der Waals surface area (Å²) in [5.41, 5.74) is 4.24. The van der Waals surface area contributed by atoms with Crippen molar-refractivity contribution in [2.75, 3.05) is 25.0 Å². The van der Waals surface area contributed by atoms with Crippen molar-refractivity contribution in [1.29, 1.82) is 0 Å². The lowest BCUT2D eigenvalue weighted by molar-refractivity contribution is 0.171. The first-order valence-corrected chi connectivity index (χ1v) is 6.40. The lowest BCUT2D eigenvalue weighted by Crippen LogP contribution is -2.45. The maximum absolute atomic E-state index is 3.68. The highest BCUT2D eigenvalue weighted by Crippen LogP contribution is 2.26. The summed E-state index contributed by atoms with van der Waals surface area (Å²) in [5, 5.41) is 3.68. The van der Waals surface area contributed by atoms with Crippen molar-refractivity contribution in [1.82, 2.24) is 4.90 Å². The fraction of sp³-hybridized carbons (Fsp3) is 0.571. The molecule has 3 rings (SSSR count). The minimum Gasteiger partial charge on any atom is -0.381 e. The molecular formula is C14H20N2. The summed E-state index contributed by atoms with van der Waals surface area (Å²) in [4.78, 5) is 2.55. The van der Waals surface area contributed by atoms with Crippen LogP contribution in [0.4, 0.5) is 5.69 Å². The van der Waals surface area contributed by atoms with E-state index in [4.69, 9.17) is 0 Å². The zero-order valence-corrected chi connectivity index (χ0v) is 10.00. The van der Waals surface area contributed by atoms with Crippen LogP contribution in [0, 0.1) is 6.92 Å². The van der Waals surface area contributed by atoms with Crippen molar-refractivity contribution in [3.05, 3.63) is 29.3 Å². The molecule has 0 saturated carbocycles. The maximum Gasteiger partial charge on any atom is 0.0391 e. The summed E-state index contributed by atoms with van der Waals surface area (Å²) in [7, 11) is 0. The molecule has 0 amide bonds. The molecule has 1 atom stereocenters. The van der Waals surface area contributed by atoms with Gasteiger partial charge in [0.1, 0.15) is 0 Å². The molecule has 2 aliphatic heterocycles. The Balaban J connectivity index is 1.68. The highest BCUT2D eigenvalue weighted by atomic mass is 15.2. The number of likely N-dealkylation sites (tertiary alicyclic amines) is 1. The van der Waals surface area contributed by atoms with Crippen LogP contribution < -0.4 is 5.32 Å². The molecular weight excluding hydrogens is 196 g/mol. The Morgan fingerprint density at radius 3 is 3.00 bits per heavy atom. The molecule has 1 aromatic rings. The molecule has 1 saturated heterocycles. The first-order valence-electron chi connectivity index (χ1n) is 6.40. The Labute approximate surface area is 97.6 Å². The van der Waals surface area contributed by atoms with Gasteiger partial charge in [0, 0.05) is 18.3 Å². The third kappa shape index (κ3) is 1.94. The van der Waals surface area contributed by atoms with E-state index in [0.29, 0.717) is 6.04 Å². The second kappa shape index (κ2) is 4.10. The van der Waals surface area contributed by atoms with Crippen LogP contribution in [-0.4, -0.2) is 30.6 Å². The van der Waals surface area contributed by atoms with Crippen LogP contribution in [0.25, 0.3) is 0 Å². The first-order chi connectivity index (χ1) is 7.81. The van der Waals surface area contributed by atoms with Crippen molar-refractivity contribution in [2.24, 2.45) is 0 Å². The van der Waals surface area contributed by atoms with Gasteiger partial charge in [0.25, 0.3) is 0 Å². The number of rotatable bonds is 2. The molecule has 2 nitrogen and oxygen atoms in total. The van der Waals surface area contributed by atoms with Gasteiger partial charge in [-0.3, -0.25) is 0 Å². The van der Waals surface area contributed by atoms with Crippen molar-refractivity contribution in [3.8, 4) is 0 Å². The van der Waals surface area contributed by atoms with E-state index >= 15 is 0 Å². The van der Waals surface area contributed by atoms with Crippen LogP contribution in [0.5, 0.6) is 0 Å². The van der Waals surface area contributed by atoms with Gasteiger partial charge in [-0.05, 0) is 50.9 Å². The lowest BCUT2D eigenvalue weighted by Gasteiger charge is -2.36. The minimum atomic E-state index is 0.663. The zero-order valence-electron chi connectivity index (χ0n) is 10.00. The number of nitrogens with one attached hydrogen (secondary N) is 1. The molecule has 0 bridgehead atoms. The molecule has 0 aliphatic carbocycles. The molecule has 1 N–H and O–H groups in total. The summed E-state index contributed by atoms with van der Waals surface area (Å²) < 4.78 is 0. The molecule has 2 aliphatic rings. The van der Waals surface area contributed by atoms with Gasteiger partial charge < -0.3 is 10.2 Å². The van der Waals surface area contributed by atoms with E-state index in [1.165, 1.54) is 55.7 Å². The smallest absolute Gasteiger partial charge is 0.0391 e. The molecule has 0 spiro atoms. The van der Waals surface area contributed by atoms with Crippen LogP contribution in [0.3, 0.4) is 0 Å². The van der Waals surface area contributed by atoms with Gasteiger partial charge in [-0.15, -0.1) is 0 Å². The van der Waals surface area contributed by atoms with Gasteiger partial charge in [-0.25, -0.2) is 0 Å². The van der Waals surface area contributed by atoms with Crippen molar-refractivity contribution < 1.29 is 0 Å². The Bertz CT molecular complexity index is 382. The first kappa shape index (κ1) is 10.2. The van der Waals surface area contributed by atoms with Crippen LogP contribution in [0.15, 0.2) is 18.2 Å². The van der Waals surface area contributed by atoms with E-state index in [-0.39, 0.29) is 0 Å². The Kier molecular flexibility index (Phi) is 2.60. The van der Waals surface area contributed by atoms with E-state index in [9.17, 15) is 0 Å². The molecule has 1 unspecified atom stereocenters. The minimum absolute atomic E-state index is 0.663. The quantitative estimate of drug-likeness (QED) is 0.817. The van der Waals surface area contributed by atoms with Crippen molar-refractivity contribution in [3.63, 3.8) is 0 Å². The summed E-state index contributed by atoms with van der Waals surface area (Å²) >= 11 is 0. The van der Waals surface area contributed by atoms with E-state index < -0.39 is 0 Å². The number of nitrogens with zero attached hydrogens (tertiary/aromatic N) is 1. The van der Waals surface area contributed by atoms with Crippen LogP contribution in [0.1, 0.15) is 24.0 Å².